The highest BCUT2D eigenvalue weighted by molar-refractivity contribution is 7.90. The Hall–Kier alpha value is -1.23. The Balaban J connectivity index is 2.25. The van der Waals surface area contributed by atoms with E-state index in [0.717, 1.165) is 31.6 Å². The van der Waals surface area contributed by atoms with Gasteiger partial charge >= 0.3 is 0 Å². The predicted octanol–water partition coefficient (Wildman–Crippen LogP) is 2.69. The molecule has 0 aromatic heterocycles. The summed E-state index contributed by atoms with van der Waals surface area (Å²) < 4.78 is 23.1. The summed E-state index contributed by atoms with van der Waals surface area (Å²) in [6.45, 7) is 6.54. The van der Waals surface area contributed by atoms with Crippen LogP contribution in [0.3, 0.4) is 0 Å². The molecule has 1 aliphatic rings. The number of rotatable bonds is 2. The topological polar surface area (TPSA) is 63.4 Å². The van der Waals surface area contributed by atoms with Gasteiger partial charge in [0.05, 0.1) is 16.3 Å². The third-order valence-electron chi connectivity index (χ3n) is 4.11. The maximum absolute atomic E-state index is 11.5. The van der Waals surface area contributed by atoms with Gasteiger partial charge in [0, 0.05) is 19.3 Å². The zero-order chi connectivity index (χ0) is 15.0. The molecule has 2 N–H and O–H groups in total. The van der Waals surface area contributed by atoms with E-state index < -0.39 is 9.84 Å². The number of hydrogen-bond acceptors (Lipinski definition) is 4. The van der Waals surface area contributed by atoms with Crippen LogP contribution in [0.5, 0.6) is 0 Å². The van der Waals surface area contributed by atoms with Gasteiger partial charge in [0.25, 0.3) is 0 Å². The van der Waals surface area contributed by atoms with Crippen LogP contribution in [0, 0.1) is 5.41 Å². The minimum Gasteiger partial charge on any atom is -0.397 e. The van der Waals surface area contributed by atoms with E-state index in [2.05, 4.69) is 18.7 Å². The second-order valence-electron chi connectivity index (χ2n) is 6.50. The average molecular weight is 296 g/mol. The molecule has 1 saturated heterocycles. The molecule has 0 saturated carbocycles. The number of anilines is 2. The van der Waals surface area contributed by atoms with Crippen LogP contribution in [-0.2, 0) is 9.84 Å². The van der Waals surface area contributed by atoms with Crippen molar-refractivity contribution >= 4 is 21.2 Å². The van der Waals surface area contributed by atoms with Gasteiger partial charge < -0.3 is 10.6 Å². The number of nitrogens with two attached hydrogens (primary N) is 1. The number of benzene rings is 1. The van der Waals surface area contributed by atoms with Gasteiger partial charge in [-0.1, -0.05) is 13.8 Å². The first-order valence-corrected chi connectivity index (χ1v) is 8.93. The van der Waals surface area contributed by atoms with Gasteiger partial charge in [0.15, 0.2) is 9.84 Å². The van der Waals surface area contributed by atoms with Crippen molar-refractivity contribution in [1.82, 2.24) is 0 Å². The third-order valence-corrected chi connectivity index (χ3v) is 5.22. The Morgan fingerprint density at radius 3 is 2.50 bits per heavy atom. The molecule has 1 aliphatic heterocycles. The summed E-state index contributed by atoms with van der Waals surface area (Å²) >= 11 is 0. The fourth-order valence-electron chi connectivity index (χ4n) is 2.72. The monoisotopic (exact) mass is 296 g/mol. The molecule has 1 aromatic carbocycles. The van der Waals surface area contributed by atoms with Crippen molar-refractivity contribution in [2.75, 3.05) is 30.0 Å². The molecule has 1 fully saturated rings. The highest BCUT2D eigenvalue weighted by Gasteiger charge is 2.24. The number of nitrogen functional groups attached to an aromatic ring is 1. The van der Waals surface area contributed by atoms with Crippen LogP contribution >= 0.6 is 0 Å². The first kappa shape index (κ1) is 15.2. The molecule has 20 heavy (non-hydrogen) atoms. The van der Waals surface area contributed by atoms with E-state index in [-0.39, 0.29) is 4.90 Å². The van der Waals surface area contributed by atoms with E-state index in [0.29, 0.717) is 11.1 Å². The van der Waals surface area contributed by atoms with Gasteiger partial charge in [-0.2, -0.15) is 0 Å². The third kappa shape index (κ3) is 3.45. The summed E-state index contributed by atoms with van der Waals surface area (Å²) in [7, 11) is -3.20. The van der Waals surface area contributed by atoms with E-state index in [1.54, 1.807) is 12.1 Å². The first-order valence-electron chi connectivity index (χ1n) is 7.04. The second kappa shape index (κ2) is 5.28. The molecular weight excluding hydrogens is 272 g/mol. The first-order chi connectivity index (χ1) is 9.19. The van der Waals surface area contributed by atoms with Gasteiger partial charge in [0.1, 0.15) is 0 Å². The summed E-state index contributed by atoms with van der Waals surface area (Å²) in [6.07, 6.45) is 4.68. The van der Waals surface area contributed by atoms with Crippen molar-refractivity contribution in [2.45, 2.75) is 38.0 Å². The molecule has 5 heteroatoms. The van der Waals surface area contributed by atoms with Gasteiger partial charge in [-0.15, -0.1) is 0 Å². The van der Waals surface area contributed by atoms with Crippen molar-refractivity contribution in [3.8, 4) is 0 Å². The Labute approximate surface area is 121 Å². The minimum absolute atomic E-state index is 0.286. The van der Waals surface area contributed by atoms with Gasteiger partial charge in [-0.05, 0) is 42.9 Å². The normalized spacial score (nSPS) is 19.6. The Kier molecular flexibility index (Phi) is 4.00. The van der Waals surface area contributed by atoms with Crippen molar-refractivity contribution in [3.63, 3.8) is 0 Å². The summed E-state index contributed by atoms with van der Waals surface area (Å²) in [5.74, 6) is 0. The second-order valence-corrected chi connectivity index (χ2v) is 8.51. The predicted molar refractivity (Wildman–Crippen MR) is 83.8 cm³/mol. The summed E-state index contributed by atoms with van der Waals surface area (Å²) in [6, 6.07) is 5.06. The van der Waals surface area contributed by atoms with Crippen LogP contribution in [0.2, 0.25) is 0 Å². The quantitative estimate of drug-likeness (QED) is 0.852. The summed E-state index contributed by atoms with van der Waals surface area (Å²) in [5.41, 5.74) is 7.94. The fraction of sp³-hybridized carbons (Fsp3) is 0.600. The molecule has 0 unspecified atom stereocenters. The fourth-order valence-corrected chi connectivity index (χ4v) is 3.37. The lowest BCUT2D eigenvalue weighted by Gasteiger charge is -2.26. The zero-order valence-electron chi connectivity index (χ0n) is 12.5. The SMILES string of the molecule is CC1(C)CCCN(c2ccc(S(C)(=O)=O)cc2N)CC1. The smallest absolute Gasteiger partial charge is 0.175 e. The average Bonchev–Trinajstić information content (AvgIpc) is 2.49. The molecule has 0 radical (unpaired) electrons. The van der Waals surface area contributed by atoms with E-state index in [4.69, 9.17) is 5.73 Å². The molecule has 0 amide bonds. The molecule has 4 nitrogen and oxygen atoms in total. The molecule has 0 atom stereocenters. The van der Waals surface area contributed by atoms with Crippen LogP contribution in [-0.4, -0.2) is 27.8 Å². The largest absolute Gasteiger partial charge is 0.397 e. The molecule has 112 valence electrons. The molecule has 2 rings (SSSR count). The zero-order valence-corrected chi connectivity index (χ0v) is 13.3. The van der Waals surface area contributed by atoms with Crippen LogP contribution < -0.4 is 10.6 Å². The lowest BCUT2D eigenvalue weighted by Crippen LogP contribution is -2.26. The maximum atomic E-state index is 11.5. The standard InChI is InChI=1S/C15H24N2O2S/c1-15(2)7-4-9-17(10-8-15)14-6-5-12(11-13(14)16)20(3,18)19/h5-6,11H,4,7-10,16H2,1-3H3. The maximum Gasteiger partial charge on any atom is 0.175 e. The van der Waals surface area contributed by atoms with E-state index in [9.17, 15) is 8.42 Å². The van der Waals surface area contributed by atoms with Crippen molar-refractivity contribution in [1.29, 1.82) is 0 Å². The van der Waals surface area contributed by atoms with Crippen molar-refractivity contribution < 1.29 is 8.42 Å². The lowest BCUT2D eigenvalue weighted by atomic mass is 9.85. The van der Waals surface area contributed by atoms with Gasteiger partial charge in [-0.25, -0.2) is 8.42 Å². The lowest BCUT2D eigenvalue weighted by molar-refractivity contribution is 0.325. The summed E-state index contributed by atoms with van der Waals surface area (Å²) in [5, 5.41) is 0. The van der Waals surface area contributed by atoms with E-state index in [1.165, 1.54) is 12.7 Å². The van der Waals surface area contributed by atoms with Gasteiger partial charge in [0.2, 0.25) is 0 Å². The molecular formula is C15H24N2O2S. The molecule has 0 bridgehead atoms. The minimum atomic E-state index is -3.20. The number of hydrogen-bond donors (Lipinski definition) is 1. The Morgan fingerprint density at radius 1 is 1.20 bits per heavy atom. The highest BCUT2D eigenvalue weighted by Crippen LogP contribution is 2.34. The van der Waals surface area contributed by atoms with Gasteiger partial charge in [-0.3, -0.25) is 0 Å². The van der Waals surface area contributed by atoms with Crippen LogP contribution in [0.1, 0.15) is 33.1 Å². The number of nitrogens with zero attached hydrogens (tertiary/aromatic N) is 1. The molecule has 1 heterocycles. The number of sulfone groups is 1. The van der Waals surface area contributed by atoms with Crippen LogP contribution in [0.4, 0.5) is 11.4 Å². The molecule has 1 aromatic rings. The van der Waals surface area contributed by atoms with E-state index in [1.807, 2.05) is 6.07 Å². The van der Waals surface area contributed by atoms with Crippen LogP contribution in [0.25, 0.3) is 0 Å². The van der Waals surface area contributed by atoms with Crippen LogP contribution in [0.15, 0.2) is 23.1 Å². The molecule has 0 spiro atoms. The molecule has 0 aliphatic carbocycles. The highest BCUT2D eigenvalue weighted by atomic mass is 32.2. The Morgan fingerprint density at radius 2 is 1.90 bits per heavy atom. The Bertz CT molecular complexity index is 594. The van der Waals surface area contributed by atoms with Crippen molar-refractivity contribution in [2.24, 2.45) is 5.41 Å². The summed E-state index contributed by atoms with van der Waals surface area (Å²) in [4.78, 5) is 2.56. The van der Waals surface area contributed by atoms with Crippen molar-refractivity contribution in [3.05, 3.63) is 18.2 Å². The van der Waals surface area contributed by atoms with E-state index >= 15 is 0 Å².